The van der Waals surface area contributed by atoms with Crippen molar-refractivity contribution in [3.63, 3.8) is 0 Å². The third-order valence-electron chi connectivity index (χ3n) is 2.55. The molecule has 0 aliphatic rings. The molecule has 1 atom stereocenters. The molecule has 0 saturated heterocycles. The maximum absolute atomic E-state index is 9.99. The average Bonchev–Trinajstić information content (AvgIpc) is 2.84. The first-order valence-corrected chi connectivity index (χ1v) is 6.19. The highest BCUT2D eigenvalue weighted by Gasteiger charge is 2.10. The zero-order valence-electron chi connectivity index (χ0n) is 9.55. The molecular formula is C12H16N2OS. The Morgan fingerprint density at radius 3 is 2.88 bits per heavy atom. The number of thiophene rings is 1. The van der Waals surface area contributed by atoms with E-state index in [4.69, 9.17) is 0 Å². The van der Waals surface area contributed by atoms with Crippen LogP contribution < -0.4 is 0 Å². The first-order chi connectivity index (χ1) is 7.65. The highest BCUT2D eigenvalue weighted by atomic mass is 32.1. The van der Waals surface area contributed by atoms with Gasteiger partial charge >= 0.3 is 0 Å². The molecule has 0 aliphatic carbocycles. The van der Waals surface area contributed by atoms with Crippen LogP contribution in [0, 0.1) is 6.92 Å². The molecule has 0 saturated carbocycles. The van der Waals surface area contributed by atoms with Crippen LogP contribution in [0.3, 0.4) is 0 Å². The van der Waals surface area contributed by atoms with Crippen LogP contribution in [-0.2, 0) is 13.5 Å². The van der Waals surface area contributed by atoms with E-state index in [2.05, 4.69) is 12.0 Å². The van der Waals surface area contributed by atoms with Gasteiger partial charge in [-0.15, -0.1) is 11.3 Å². The third kappa shape index (κ3) is 2.71. The molecule has 0 amide bonds. The number of aryl methyl sites for hydroxylation is 3. The molecule has 2 aromatic heterocycles. The summed E-state index contributed by atoms with van der Waals surface area (Å²) >= 11 is 1.67. The van der Waals surface area contributed by atoms with E-state index < -0.39 is 0 Å². The summed E-state index contributed by atoms with van der Waals surface area (Å²) in [4.78, 5) is 2.30. The molecule has 86 valence electrons. The second-order valence-corrected chi connectivity index (χ2v) is 5.34. The monoisotopic (exact) mass is 236 g/mol. The molecule has 2 rings (SSSR count). The van der Waals surface area contributed by atoms with Gasteiger partial charge in [0.1, 0.15) is 0 Å². The van der Waals surface area contributed by atoms with Crippen molar-refractivity contribution in [3.8, 4) is 0 Å². The van der Waals surface area contributed by atoms with E-state index in [-0.39, 0.29) is 6.10 Å². The Bertz CT molecular complexity index is 461. The highest BCUT2D eigenvalue weighted by Crippen LogP contribution is 2.25. The Balaban J connectivity index is 1.91. The predicted molar refractivity (Wildman–Crippen MR) is 65.5 cm³/mol. The summed E-state index contributed by atoms with van der Waals surface area (Å²) < 4.78 is 1.79. The van der Waals surface area contributed by atoms with Crippen LogP contribution in [0.5, 0.6) is 0 Å². The second kappa shape index (κ2) is 4.80. The van der Waals surface area contributed by atoms with E-state index in [9.17, 15) is 5.11 Å². The van der Waals surface area contributed by atoms with E-state index in [0.29, 0.717) is 0 Å². The summed E-state index contributed by atoms with van der Waals surface area (Å²) in [5, 5.41) is 14.1. The van der Waals surface area contributed by atoms with Gasteiger partial charge < -0.3 is 5.11 Å². The molecule has 0 aromatic carbocycles. The lowest BCUT2D eigenvalue weighted by atomic mass is 10.1. The van der Waals surface area contributed by atoms with Crippen LogP contribution in [0.15, 0.2) is 24.5 Å². The normalized spacial score (nSPS) is 12.9. The van der Waals surface area contributed by atoms with Crippen LogP contribution in [0.25, 0.3) is 0 Å². The summed E-state index contributed by atoms with van der Waals surface area (Å²) in [6, 6.07) is 4.06. The summed E-state index contributed by atoms with van der Waals surface area (Å²) in [5.74, 6) is 0. The molecule has 3 nitrogen and oxygen atoms in total. The molecule has 0 fully saturated rings. The number of hydrogen-bond donors (Lipinski definition) is 1. The van der Waals surface area contributed by atoms with Crippen molar-refractivity contribution >= 4 is 11.3 Å². The molecule has 4 heteroatoms. The first-order valence-electron chi connectivity index (χ1n) is 5.37. The second-order valence-electron chi connectivity index (χ2n) is 4.03. The largest absolute Gasteiger partial charge is 0.388 e. The zero-order chi connectivity index (χ0) is 11.5. The highest BCUT2D eigenvalue weighted by molar-refractivity contribution is 7.11. The average molecular weight is 236 g/mol. The van der Waals surface area contributed by atoms with Gasteiger partial charge in [0, 0.05) is 23.0 Å². The van der Waals surface area contributed by atoms with Crippen LogP contribution in [0.4, 0.5) is 0 Å². The Kier molecular flexibility index (Phi) is 3.41. The molecule has 0 aliphatic heterocycles. The van der Waals surface area contributed by atoms with Crippen molar-refractivity contribution in [3.05, 3.63) is 39.8 Å². The number of aromatic nitrogens is 2. The van der Waals surface area contributed by atoms with Gasteiger partial charge in [-0.2, -0.15) is 5.10 Å². The van der Waals surface area contributed by atoms with Crippen molar-refractivity contribution < 1.29 is 5.11 Å². The van der Waals surface area contributed by atoms with Crippen molar-refractivity contribution in [1.29, 1.82) is 0 Å². The molecule has 0 bridgehead atoms. The molecule has 0 spiro atoms. The number of nitrogens with zero attached hydrogens (tertiary/aromatic N) is 2. The third-order valence-corrected chi connectivity index (χ3v) is 3.66. The minimum absolute atomic E-state index is 0.348. The molecule has 0 radical (unpaired) electrons. The summed E-state index contributed by atoms with van der Waals surface area (Å²) in [6.45, 7) is 2.06. The van der Waals surface area contributed by atoms with Crippen molar-refractivity contribution in [1.82, 2.24) is 9.78 Å². The zero-order valence-corrected chi connectivity index (χ0v) is 10.4. The lowest BCUT2D eigenvalue weighted by molar-refractivity contribution is 0.171. The van der Waals surface area contributed by atoms with Gasteiger partial charge in [-0.05, 0) is 37.5 Å². The maximum atomic E-state index is 9.99. The molecular weight excluding hydrogens is 220 g/mol. The van der Waals surface area contributed by atoms with Gasteiger partial charge in [0.25, 0.3) is 0 Å². The lowest BCUT2D eigenvalue weighted by Crippen LogP contribution is -1.96. The van der Waals surface area contributed by atoms with Gasteiger partial charge in [-0.1, -0.05) is 0 Å². The topological polar surface area (TPSA) is 38.1 Å². The van der Waals surface area contributed by atoms with Crippen molar-refractivity contribution in [2.75, 3.05) is 0 Å². The van der Waals surface area contributed by atoms with E-state index in [0.717, 1.165) is 17.7 Å². The molecule has 1 unspecified atom stereocenters. The predicted octanol–water partition coefficient (Wildman–Crippen LogP) is 2.46. The van der Waals surface area contributed by atoms with Gasteiger partial charge in [0.15, 0.2) is 0 Å². The lowest BCUT2D eigenvalue weighted by Gasteiger charge is -2.06. The molecule has 16 heavy (non-hydrogen) atoms. The van der Waals surface area contributed by atoms with Crippen molar-refractivity contribution in [2.24, 2.45) is 7.05 Å². The molecule has 1 N–H and O–H groups in total. The Morgan fingerprint density at radius 1 is 1.50 bits per heavy atom. The quantitative estimate of drug-likeness (QED) is 0.885. The van der Waals surface area contributed by atoms with E-state index in [1.165, 1.54) is 10.4 Å². The van der Waals surface area contributed by atoms with Crippen LogP contribution in [0.1, 0.15) is 27.8 Å². The van der Waals surface area contributed by atoms with Crippen LogP contribution in [-0.4, -0.2) is 14.9 Å². The van der Waals surface area contributed by atoms with Crippen LogP contribution >= 0.6 is 11.3 Å². The Hall–Kier alpha value is -1.13. The summed E-state index contributed by atoms with van der Waals surface area (Å²) in [7, 11) is 1.91. The number of hydrogen-bond acceptors (Lipinski definition) is 3. The maximum Gasteiger partial charge on any atom is 0.0885 e. The number of rotatable bonds is 4. The molecule has 2 heterocycles. The Morgan fingerprint density at radius 2 is 2.31 bits per heavy atom. The van der Waals surface area contributed by atoms with Crippen LogP contribution in [0.2, 0.25) is 0 Å². The SMILES string of the molecule is Cc1ccc(C(O)CCc2cnn(C)c2)s1. The van der Waals surface area contributed by atoms with E-state index >= 15 is 0 Å². The minimum Gasteiger partial charge on any atom is -0.388 e. The Labute approximate surface area is 99.4 Å². The van der Waals surface area contributed by atoms with Gasteiger partial charge in [0.05, 0.1) is 12.3 Å². The number of aliphatic hydroxyl groups excluding tert-OH is 1. The smallest absolute Gasteiger partial charge is 0.0885 e. The molecule has 2 aromatic rings. The van der Waals surface area contributed by atoms with Gasteiger partial charge in [-0.3, -0.25) is 4.68 Å². The van der Waals surface area contributed by atoms with Crippen molar-refractivity contribution in [2.45, 2.75) is 25.9 Å². The fourth-order valence-electron chi connectivity index (χ4n) is 1.68. The fourth-order valence-corrected chi connectivity index (χ4v) is 2.58. The summed E-state index contributed by atoms with van der Waals surface area (Å²) in [6.07, 6.45) is 5.12. The standard InChI is InChI=1S/C12H16N2OS/c1-9-3-6-12(16-9)11(15)5-4-10-7-13-14(2)8-10/h3,6-8,11,15H,4-5H2,1-2H3. The van der Waals surface area contributed by atoms with E-state index in [1.807, 2.05) is 31.6 Å². The van der Waals surface area contributed by atoms with Gasteiger partial charge in [0.2, 0.25) is 0 Å². The van der Waals surface area contributed by atoms with Gasteiger partial charge in [-0.25, -0.2) is 0 Å². The van der Waals surface area contributed by atoms with E-state index in [1.54, 1.807) is 16.0 Å². The fraction of sp³-hybridized carbons (Fsp3) is 0.417. The minimum atomic E-state index is -0.348. The first kappa shape index (κ1) is 11.4. The number of aliphatic hydroxyl groups is 1. The summed E-state index contributed by atoms with van der Waals surface area (Å²) in [5.41, 5.74) is 1.18.